The molecule has 0 saturated carbocycles. The maximum atomic E-state index is 13.4. The molecule has 0 heterocycles. The number of nitrogens with one attached hydrogen (secondary N) is 1. The second kappa shape index (κ2) is 6.01. The van der Waals surface area contributed by atoms with Crippen molar-refractivity contribution in [2.24, 2.45) is 5.41 Å². The first kappa shape index (κ1) is 14.7. The number of halogens is 3. The Labute approximate surface area is 111 Å². The van der Waals surface area contributed by atoms with Crippen LogP contribution >= 0.6 is 11.6 Å². The number of hydrogen-bond acceptors (Lipinski definition) is 2. The Balaban J connectivity index is 2.53. The number of anilines is 1. The lowest BCUT2D eigenvalue weighted by Gasteiger charge is -2.15. The standard InChI is InChI=1S/C13H15ClF2N2/c1-13(2,8-17)4-3-5-18-12-10(14)6-9(15)7-11(12)16/h6-7,18H,3-5H2,1-2H3. The molecule has 0 aliphatic carbocycles. The van der Waals surface area contributed by atoms with Crippen molar-refractivity contribution >= 4 is 17.3 Å². The molecule has 2 nitrogen and oxygen atoms in total. The van der Waals surface area contributed by atoms with E-state index in [0.29, 0.717) is 19.4 Å². The van der Waals surface area contributed by atoms with Gasteiger partial charge in [0.25, 0.3) is 0 Å². The maximum Gasteiger partial charge on any atom is 0.150 e. The molecule has 18 heavy (non-hydrogen) atoms. The number of hydrogen-bond donors (Lipinski definition) is 1. The van der Waals surface area contributed by atoms with E-state index in [4.69, 9.17) is 16.9 Å². The van der Waals surface area contributed by atoms with Gasteiger partial charge in [-0.1, -0.05) is 11.6 Å². The van der Waals surface area contributed by atoms with Gasteiger partial charge in [-0.3, -0.25) is 0 Å². The summed E-state index contributed by atoms with van der Waals surface area (Å²) in [6.45, 7) is 4.17. The van der Waals surface area contributed by atoms with E-state index in [1.54, 1.807) is 0 Å². The van der Waals surface area contributed by atoms with Crippen LogP contribution in [0.25, 0.3) is 0 Å². The van der Waals surface area contributed by atoms with Crippen molar-refractivity contribution in [1.29, 1.82) is 5.26 Å². The molecule has 98 valence electrons. The van der Waals surface area contributed by atoms with Gasteiger partial charge in [0.1, 0.15) is 5.82 Å². The number of benzene rings is 1. The van der Waals surface area contributed by atoms with Crippen molar-refractivity contribution in [3.05, 3.63) is 28.8 Å². The van der Waals surface area contributed by atoms with Crippen LogP contribution in [0.4, 0.5) is 14.5 Å². The van der Waals surface area contributed by atoms with Crippen LogP contribution in [0.3, 0.4) is 0 Å². The molecule has 0 unspecified atom stereocenters. The topological polar surface area (TPSA) is 35.8 Å². The molecule has 1 aromatic carbocycles. The van der Waals surface area contributed by atoms with Crippen molar-refractivity contribution in [3.63, 3.8) is 0 Å². The van der Waals surface area contributed by atoms with Crippen molar-refractivity contribution < 1.29 is 8.78 Å². The van der Waals surface area contributed by atoms with E-state index in [2.05, 4.69) is 11.4 Å². The highest BCUT2D eigenvalue weighted by Gasteiger charge is 2.16. The molecule has 0 atom stereocenters. The fraction of sp³-hybridized carbons (Fsp3) is 0.462. The molecule has 1 N–H and O–H groups in total. The third kappa shape index (κ3) is 4.15. The second-order valence-electron chi connectivity index (χ2n) is 4.77. The monoisotopic (exact) mass is 272 g/mol. The first-order valence-electron chi connectivity index (χ1n) is 5.65. The van der Waals surface area contributed by atoms with Crippen molar-refractivity contribution in [1.82, 2.24) is 0 Å². The summed E-state index contributed by atoms with van der Waals surface area (Å²) in [4.78, 5) is 0. The smallest absolute Gasteiger partial charge is 0.150 e. The number of nitrogens with zero attached hydrogens (tertiary/aromatic N) is 1. The Morgan fingerprint density at radius 1 is 1.39 bits per heavy atom. The van der Waals surface area contributed by atoms with Crippen LogP contribution in [0.15, 0.2) is 12.1 Å². The van der Waals surface area contributed by atoms with E-state index in [1.807, 2.05) is 13.8 Å². The lowest BCUT2D eigenvalue weighted by Crippen LogP contribution is -2.11. The highest BCUT2D eigenvalue weighted by Crippen LogP contribution is 2.27. The largest absolute Gasteiger partial charge is 0.381 e. The van der Waals surface area contributed by atoms with Gasteiger partial charge in [-0.05, 0) is 32.8 Å². The van der Waals surface area contributed by atoms with Crippen LogP contribution < -0.4 is 5.32 Å². The van der Waals surface area contributed by atoms with E-state index in [0.717, 1.165) is 12.1 Å². The van der Waals surface area contributed by atoms with Gasteiger partial charge in [-0.25, -0.2) is 8.78 Å². The van der Waals surface area contributed by atoms with Gasteiger partial charge in [-0.15, -0.1) is 0 Å². The van der Waals surface area contributed by atoms with Gasteiger partial charge in [0, 0.05) is 12.6 Å². The quantitative estimate of drug-likeness (QED) is 0.809. The summed E-state index contributed by atoms with van der Waals surface area (Å²) in [5, 5.41) is 11.7. The minimum atomic E-state index is -0.709. The zero-order valence-electron chi connectivity index (χ0n) is 10.4. The first-order chi connectivity index (χ1) is 8.35. The Hall–Kier alpha value is -1.34. The molecule has 0 saturated heterocycles. The third-order valence-electron chi connectivity index (χ3n) is 2.59. The van der Waals surface area contributed by atoms with Crippen LogP contribution in [0.5, 0.6) is 0 Å². The zero-order valence-corrected chi connectivity index (χ0v) is 11.1. The summed E-state index contributed by atoms with van der Waals surface area (Å²) < 4.78 is 26.2. The molecule has 0 fully saturated rings. The molecule has 5 heteroatoms. The molecule has 0 amide bonds. The van der Waals surface area contributed by atoms with Gasteiger partial charge < -0.3 is 5.32 Å². The van der Waals surface area contributed by atoms with Gasteiger partial charge in [0.2, 0.25) is 0 Å². The number of nitriles is 1. The maximum absolute atomic E-state index is 13.4. The van der Waals surface area contributed by atoms with Gasteiger partial charge in [0.05, 0.1) is 22.2 Å². The fourth-order valence-electron chi connectivity index (χ4n) is 1.51. The van der Waals surface area contributed by atoms with Crippen LogP contribution in [0.1, 0.15) is 26.7 Å². The summed E-state index contributed by atoms with van der Waals surface area (Å²) in [6, 6.07) is 4.04. The Morgan fingerprint density at radius 3 is 2.61 bits per heavy atom. The average Bonchev–Trinajstić information content (AvgIpc) is 2.26. The Bertz CT molecular complexity index is 444. The molecule has 1 rings (SSSR count). The molecule has 0 aliphatic heterocycles. The predicted octanol–water partition coefficient (Wildman–Crippen LogP) is 4.36. The molecule has 0 bridgehead atoms. The first-order valence-corrected chi connectivity index (χ1v) is 6.03. The summed E-state index contributed by atoms with van der Waals surface area (Å²) >= 11 is 5.74. The van der Waals surface area contributed by atoms with E-state index in [9.17, 15) is 8.78 Å². The van der Waals surface area contributed by atoms with Crippen LogP contribution in [-0.4, -0.2) is 6.54 Å². The van der Waals surface area contributed by atoms with E-state index < -0.39 is 17.0 Å². The molecule has 1 aromatic rings. The minimum absolute atomic E-state index is 0.0204. The molecule has 0 aromatic heterocycles. The lowest BCUT2D eigenvalue weighted by atomic mass is 9.90. The molecule has 0 spiro atoms. The van der Waals surface area contributed by atoms with Crippen molar-refractivity contribution in [2.75, 3.05) is 11.9 Å². The average molecular weight is 273 g/mol. The Morgan fingerprint density at radius 2 is 2.06 bits per heavy atom. The fourth-order valence-corrected chi connectivity index (χ4v) is 1.77. The van der Waals surface area contributed by atoms with Crippen LogP contribution in [0, 0.1) is 28.4 Å². The van der Waals surface area contributed by atoms with E-state index in [1.165, 1.54) is 0 Å². The second-order valence-corrected chi connectivity index (χ2v) is 5.18. The van der Waals surface area contributed by atoms with Crippen molar-refractivity contribution in [2.45, 2.75) is 26.7 Å². The molecular weight excluding hydrogens is 258 g/mol. The minimum Gasteiger partial charge on any atom is -0.381 e. The molecular formula is C13H15ClF2N2. The van der Waals surface area contributed by atoms with Crippen molar-refractivity contribution in [3.8, 4) is 6.07 Å². The van der Waals surface area contributed by atoms with Gasteiger partial charge in [-0.2, -0.15) is 5.26 Å². The number of rotatable bonds is 5. The summed E-state index contributed by atoms with van der Waals surface area (Å²) in [6.07, 6.45) is 1.39. The van der Waals surface area contributed by atoms with E-state index in [-0.39, 0.29) is 10.7 Å². The van der Waals surface area contributed by atoms with Crippen LogP contribution in [0.2, 0.25) is 5.02 Å². The highest BCUT2D eigenvalue weighted by molar-refractivity contribution is 6.33. The SMILES string of the molecule is CC(C)(C#N)CCCNc1c(F)cc(F)cc1Cl. The summed E-state index contributed by atoms with van der Waals surface area (Å²) in [5.41, 5.74) is -0.292. The third-order valence-corrected chi connectivity index (χ3v) is 2.89. The molecule has 0 radical (unpaired) electrons. The Kier molecular flexibility index (Phi) is 4.92. The summed E-state index contributed by atoms with van der Waals surface area (Å²) in [7, 11) is 0. The predicted molar refractivity (Wildman–Crippen MR) is 68.5 cm³/mol. The zero-order chi connectivity index (χ0) is 13.8. The normalized spacial score (nSPS) is 11.1. The highest BCUT2D eigenvalue weighted by atomic mass is 35.5. The van der Waals surface area contributed by atoms with Gasteiger partial charge >= 0.3 is 0 Å². The summed E-state index contributed by atoms with van der Waals surface area (Å²) in [5.74, 6) is -1.41. The lowest BCUT2D eigenvalue weighted by molar-refractivity contribution is 0.441. The van der Waals surface area contributed by atoms with Gasteiger partial charge in [0.15, 0.2) is 5.82 Å². The molecule has 0 aliphatic rings. The van der Waals surface area contributed by atoms with Crippen LogP contribution in [-0.2, 0) is 0 Å². The van der Waals surface area contributed by atoms with E-state index >= 15 is 0 Å².